The summed E-state index contributed by atoms with van der Waals surface area (Å²) in [4.78, 5) is 0.132. The molecule has 0 spiro atoms. The molecule has 0 unspecified atom stereocenters. The van der Waals surface area contributed by atoms with Gasteiger partial charge < -0.3 is 9.47 Å². The predicted molar refractivity (Wildman–Crippen MR) is 91.2 cm³/mol. The predicted octanol–water partition coefficient (Wildman–Crippen LogP) is 2.69. The minimum Gasteiger partial charge on any atom is -0.493 e. The third-order valence-corrected chi connectivity index (χ3v) is 5.19. The molecule has 0 aliphatic carbocycles. The summed E-state index contributed by atoms with van der Waals surface area (Å²) in [6.07, 6.45) is 1.63. The van der Waals surface area contributed by atoms with Gasteiger partial charge in [0.25, 0.3) is 10.0 Å². The molecule has 1 aromatic heterocycles. The second-order valence-corrected chi connectivity index (χ2v) is 6.90. The number of rotatable bonds is 5. The van der Waals surface area contributed by atoms with Crippen molar-refractivity contribution in [3.63, 3.8) is 0 Å². The Morgan fingerprint density at radius 2 is 1.79 bits per heavy atom. The number of sulfonamides is 1. The van der Waals surface area contributed by atoms with Gasteiger partial charge >= 0.3 is 0 Å². The van der Waals surface area contributed by atoms with Gasteiger partial charge in [0, 0.05) is 17.1 Å². The van der Waals surface area contributed by atoms with Crippen LogP contribution in [0.25, 0.3) is 10.9 Å². The van der Waals surface area contributed by atoms with Crippen LogP contribution in [0.1, 0.15) is 5.56 Å². The van der Waals surface area contributed by atoms with E-state index >= 15 is 0 Å². The number of nitrogens with zero attached hydrogens (tertiary/aromatic N) is 1. The maximum absolute atomic E-state index is 12.7. The molecule has 0 saturated heterocycles. The number of H-pyrrole nitrogens is 1. The molecule has 0 fully saturated rings. The summed E-state index contributed by atoms with van der Waals surface area (Å²) in [6, 6.07) is 8.24. The summed E-state index contributed by atoms with van der Waals surface area (Å²) < 4.78 is 38.4. The molecule has 2 N–H and O–H groups in total. The van der Waals surface area contributed by atoms with Crippen molar-refractivity contribution in [1.82, 2.24) is 10.2 Å². The SMILES string of the molecule is COc1cc(C)c(S(=O)(=O)Nc2ccc3[nH]ncc3c2)cc1OC. The fraction of sp³-hybridized carbons (Fsp3) is 0.188. The zero-order valence-electron chi connectivity index (χ0n) is 13.5. The van der Waals surface area contributed by atoms with Crippen LogP contribution < -0.4 is 14.2 Å². The Morgan fingerprint density at radius 3 is 2.50 bits per heavy atom. The van der Waals surface area contributed by atoms with E-state index in [4.69, 9.17) is 9.47 Å². The third kappa shape index (κ3) is 2.88. The van der Waals surface area contributed by atoms with Crippen molar-refractivity contribution in [3.8, 4) is 11.5 Å². The highest BCUT2D eigenvalue weighted by molar-refractivity contribution is 7.92. The molecule has 8 heteroatoms. The first-order chi connectivity index (χ1) is 11.4. The Bertz CT molecular complexity index is 996. The van der Waals surface area contributed by atoms with E-state index in [1.807, 2.05) is 0 Å². The fourth-order valence-electron chi connectivity index (χ4n) is 2.47. The molecule has 0 bridgehead atoms. The van der Waals surface area contributed by atoms with Crippen molar-refractivity contribution in [3.05, 3.63) is 42.1 Å². The van der Waals surface area contributed by atoms with Gasteiger partial charge in [0.1, 0.15) is 0 Å². The smallest absolute Gasteiger partial charge is 0.262 e. The average Bonchev–Trinajstić information content (AvgIpc) is 3.01. The zero-order valence-corrected chi connectivity index (χ0v) is 14.3. The standard InChI is InChI=1S/C16H17N3O4S/c1-10-6-14(22-2)15(23-3)8-16(10)24(20,21)19-12-4-5-13-11(7-12)9-17-18-13/h4-9,19H,1-3H3,(H,17,18). The fourth-order valence-corrected chi connectivity index (χ4v) is 3.76. The van der Waals surface area contributed by atoms with Crippen molar-refractivity contribution < 1.29 is 17.9 Å². The summed E-state index contributed by atoms with van der Waals surface area (Å²) in [7, 11) is -0.803. The Labute approximate surface area is 139 Å². The number of anilines is 1. The maximum Gasteiger partial charge on any atom is 0.262 e. The van der Waals surface area contributed by atoms with Crippen LogP contribution in [0.4, 0.5) is 5.69 Å². The summed E-state index contributed by atoms with van der Waals surface area (Å²) in [5.74, 6) is 0.836. The van der Waals surface area contributed by atoms with Crippen LogP contribution in [-0.4, -0.2) is 32.8 Å². The Balaban J connectivity index is 2.00. The third-order valence-electron chi connectivity index (χ3n) is 3.66. The van der Waals surface area contributed by atoms with Gasteiger partial charge in [-0.2, -0.15) is 5.10 Å². The van der Waals surface area contributed by atoms with E-state index in [-0.39, 0.29) is 4.90 Å². The van der Waals surface area contributed by atoms with Gasteiger partial charge in [-0.05, 0) is 36.8 Å². The number of hydrogen-bond donors (Lipinski definition) is 2. The van der Waals surface area contributed by atoms with Crippen LogP contribution in [0, 0.1) is 6.92 Å². The molecular weight excluding hydrogens is 330 g/mol. The topological polar surface area (TPSA) is 93.3 Å². The van der Waals surface area contributed by atoms with Crippen molar-refractivity contribution in [1.29, 1.82) is 0 Å². The Kier molecular flexibility index (Phi) is 4.06. The van der Waals surface area contributed by atoms with Crippen LogP contribution in [0.15, 0.2) is 41.4 Å². The monoisotopic (exact) mass is 347 g/mol. The minimum absolute atomic E-state index is 0.132. The second kappa shape index (κ2) is 6.04. The van der Waals surface area contributed by atoms with Gasteiger partial charge in [0.2, 0.25) is 0 Å². The molecule has 1 heterocycles. The average molecular weight is 347 g/mol. The summed E-state index contributed by atoms with van der Waals surface area (Å²) in [6.45, 7) is 1.70. The molecule has 0 radical (unpaired) electrons. The number of hydrogen-bond acceptors (Lipinski definition) is 5. The first-order valence-electron chi connectivity index (χ1n) is 7.13. The van der Waals surface area contributed by atoms with E-state index in [1.54, 1.807) is 37.4 Å². The first-order valence-corrected chi connectivity index (χ1v) is 8.61. The lowest BCUT2D eigenvalue weighted by atomic mass is 10.2. The molecule has 0 amide bonds. The molecule has 0 atom stereocenters. The number of fused-ring (bicyclic) bond motifs is 1. The van der Waals surface area contributed by atoms with Crippen LogP contribution >= 0.6 is 0 Å². The van der Waals surface area contributed by atoms with Gasteiger partial charge in [-0.1, -0.05) is 0 Å². The molecule has 3 aromatic rings. The molecule has 0 aliphatic heterocycles. The number of aromatic nitrogens is 2. The number of benzene rings is 2. The quantitative estimate of drug-likeness (QED) is 0.740. The first kappa shape index (κ1) is 16.1. The number of aromatic amines is 1. The summed E-state index contributed by atoms with van der Waals surface area (Å²) in [5, 5.41) is 7.56. The zero-order chi connectivity index (χ0) is 17.3. The molecule has 24 heavy (non-hydrogen) atoms. The van der Waals surface area contributed by atoms with E-state index in [9.17, 15) is 8.42 Å². The van der Waals surface area contributed by atoms with Crippen molar-refractivity contribution in [2.45, 2.75) is 11.8 Å². The largest absolute Gasteiger partial charge is 0.493 e. The normalized spacial score (nSPS) is 11.5. The van der Waals surface area contributed by atoms with Crippen molar-refractivity contribution in [2.24, 2.45) is 0 Å². The lowest BCUT2D eigenvalue weighted by molar-refractivity contribution is 0.353. The molecule has 0 saturated carbocycles. The van der Waals surface area contributed by atoms with Gasteiger partial charge in [-0.25, -0.2) is 8.42 Å². The molecule has 2 aromatic carbocycles. The maximum atomic E-state index is 12.7. The van der Waals surface area contributed by atoms with Crippen molar-refractivity contribution in [2.75, 3.05) is 18.9 Å². The highest BCUT2D eigenvalue weighted by Crippen LogP contribution is 2.33. The molecular formula is C16H17N3O4S. The van der Waals surface area contributed by atoms with E-state index in [0.29, 0.717) is 22.7 Å². The van der Waals surface area contributed by atoms with E-state index < -0.39 is 10.0 Å². The Morgan fingerprint density at radius 1 is 1.08 bits per heavy atom. The number of nitrogens with one attached hydrogen (secondary N) is 2. The van der Waals surface area contributed by atoms with Gasteiger partial charge in [-0.3, -0.25) is 9.82 Å². The summed E-state index contributed by atoms with van der Waals surface area (Å²) in [5.41, 5.74) is 1.85. The van der Waals surface area contributed by atoms with Crippen LogP contribution in [0.2, 0.25) is 0 Å². The minimum atomic E-state index is -3.77. The number of ether oxygens (including phenoxy) is 2. The van der Waals surface area contributed by atoms with Crippen molar-refractivity contribution >= 4 is 26.6 Å². The van der Waals surface area contributed by atoms with Gasteiger partial charge in [0.05, 0.1) is 30.8 Å². The lowest BCUT2D eigenvalue weighted by Gasteiger charge is -2.14. The van der Waals surface area contributed by atoms with Crippen LogP contribution in [0.3, 0.4) is 0 Å². The molecule has 7 nitrogen and oxygen atoms in total. The lowest BCUT2D eigenvalue weighted by Crippen LogP contribution is -2.14. The van der Waals surface area contributed by atoms with E-state index in [1.165, 1.54) is 20.3 Å². The summed E-state index contributed by atoms with van der Waals surface area (Å²) >= 11 is 0. The van der Waals surface area contributed by atoms with E-state index in [0.717, 1.165) is 10.9 Å². The molecule has 126 valence electrons. The number of methoxy groups -OCH3 is 2. The highest BCUT2D eigenvalue weighted by Gasteiger charge is 2.20. The van der Waals surface area contributed by atoms with Crippen LogP contribution in [0.5, 0.6) is 11.5 Å². The second-order valence-electron chi connectivity index (χ2n) is 5.25. The van der Waals surface area contributed by atoms with Crippen LogP contribution in [-0.2, 0) is 10.0 Å². The Hall–Kier alpha value is -2.74. The number of aryl methyl sites for hydroxylation is 1. The van der Waals surface area contributed by atoms with Gasteiger partial charge in [-0.15, -0.1) is 0 Å². The highest BCUT2D eigenvalue weighted by atomic mass is 32.2. The van der Waals surface area contributed by atoms with Gasteiger partial charge in [0.15, 0.2) is 11.5 Å². The molecule has 3 rings (SSSR count). The molecule has 0 aliphatic rings. The van der Waals surface area contributed by atoms with E-state index in [2.05, 4.69) is 14.9 Å².